The van der Waals surface area contributed by atoms with E-state index in [-0.39, 0.29) is 6.04 Å². The highest BCUT2D eigenvalue weighted by Gasteiger charge is 2.22. The molecule has 94 valence electrons. The molecule has 0 bridgehead atoms. The highest BCUT2D eigenvalue weighted by Crippen LogP contribution is 2.27. The van der Waals surface area contributed by atoms with E-state index in [2.05, 4.69) is 15.5 Å². The third kappa shape index (κ3) is 2.13. The van der Waals surface area contributed by atoms with Crippen molar-refractivity contribution in [1.82, 2.24) is 15.5 Å². The Hall–Kier alpha value is -1.39. The smallest absolute Gasteiger partial charge is 0.258 e. The van der Waals surface area contributed by atoms with E-state index in [1.165, 1.54) is 0 Å². The van der Waals surface area contributed by atoms with Crippen molar-refractivity contribution in [3.63, 3.8) is 0 Å². The summed E-state index contributed by atoms with van der Waals surface area (Å²) in [6, 6.07) is 5.88. The number of benzene rings is 1. The van der Waals surface area contributed by atoms with Crippen molar-refractivity contribution in [3.05, 3.63) is 34.6 Å². The van der Waals surface area contributed by atoms with Gasteiger partial charge in [-0.25, -0.2) is 0 Å². The van der Waals surface area contributed by atoms with E-state index in [1.54, 1.807) is 0 Å². The van der Waals surface area contributed by atoms with Gasteiger partial charge >= 0.3 is 0 Å². The topological polar surface area (TPSA) is 51.0 Å². The van der Waals surface area contributed by atoms with Crippen molar-refractivity contribution in [2.75, 3.05) is 6.54 Å². The van der Waals surface area contributed by atoms with E-state index in [1.807, 2.05) is 25.1 Å². The predicted octanol–water partition coefficient (Wildman–Crippen LogP) is 3.12. The minimum atomic E-state index is 0.232. The maximum Gasteiger partial charge on any atom is 0.258 e. The van der Waals surface area contributed by atoms with Gasteiger partial charge in [-0.2, -0.15) is 4.98 Å². The number of aryl methyl sites for hydroxylation is 1. The van der Waals surface area contributed by atoms with E-state index in [0.29, 0.717) is 10.9 Å². The lowest BCUT2D eigenvalue weighted by Crippen LogP contribution is -2.14. The molecule has 2 heterocycles. The Morgan fingerprint density at radius 2 is 2.33 bits per heavy atom. The van der Waals surface area contributed by atoms with E-state index in [9.17, 15) is 0 Å². The zero-order chi connectivity index (χ0) is 12.5. The van der Waals surface area contributed by atoms with Gasteiger partial charge in [-0.3, -0.25) is 0 Å². The highest BCUT2D eigenvalue weighted by molar-refractivity contribution is 6.30. The third-order valence-electron chi connectivity index (χ3n) is 3.23. The number of aromatic nitrogens is 2. The Balaban J connectivity index is 1.92. The SMILES string of the molecule is Cc1cc(Cl)ccc1-c1nc(C2CCCN2)no1. The summed E-state index contributed by atoms with van der Waals surface area (Å²) in [5.74, 6) is 1.31. The minimum absolute atomic E-state index is 0.232. The van der Waals surface area contributed by atoms with Gasteiger partial charge in [0.2, 0.25) is 0 Å². The molecule has 18 heavy (non-hydrogen) atoms. The van der Waals surface area contributed by atoms with Crippen LogP contribution < -0.4 is 5.32 Å². The second kappa shape index (κ2) is 4.71. The molecule has 1 aliphatic rings. The summed E-state index contributed by atoms with van der Waals surface area (Å²) >= 11 is 5.94. The lowest BCUT2D eigenvalue weighted by molar-refractivity contribution is 0.412. The monoisotopic (exact) mass is 263 g/mol. The van der Waals surface area contributed by atoms with E-state index >= 15 is 0 Å². The fourth-order valence-corrected chi connectivity index (χ4v) is 2.48. The Bertz CT molecular complexity index is 561. The first kappa shape index (κ1) is 11.7. The molecule has 5 heteroatoms. The average molecular weight is 264 g/mol. The van der Waals surface area contributed by atoms with Crippen LogP contribution in [-0.4, -0.2) is 16.7 Å². The van der Waals surface area contributed by atoms with Crippen LogP contribution in [0, 0.1) is 6.92 Å². The Morgan fingerprint density at radius 3 is 3.06 bits per heavy atom. The third-order valence-corrected chi connectivity index (χ3v) is 3.47. The molecule has 3 rings (SSSR count). The molecule has 0 amide bonds. The highest BCUT2D eigenvalue weighted by atomic mass is 35.5. The Kier molecular flexibility index (Phi) is 3.06. The van der Waals surface area contributed by atoms with Crippen LogP contribution in [0.15, 0.2) is 22.7 Å². The molecule has 1 atom stereocenters. The normalized spacial score (nSPS) is 19.3. The van der Waals surface area contributed by atoms with Gasteiger partial charge < -0.3 is 9.84 Å². The first-order chi connectivity index (χ1) is 8.74. The molecule has 1 unspecified atom stereocenters. The summed E-state index contributed by atoms with van der Waals surface area (Å²) in [5.41, 5.74) is 1.98. The van der Waals surface area contributed by atoms with Crippen molar-refractivity contribution < 1.29 is 4.52 Å². The molecule has 1 saturated heterocycles. The average Bonchev–Trinajstić information content (AvgIpc) is 2.99. The predicted molar refractivity (Wildman–Crippen MR) is 69.5 cm³/mol. The minimum Gasteiger partial charge on any atom is -0.334 e. The maximum atomic E-state index is 5.94. The van der Waals surface area contributed by atoms with Gasteiger partial charge in [-0.15, -0.1) is 0 Å². The summed E-state index contributed by atoms with van der Waals surface area (Å²) in [6.07, 6.45) is 2.23. The van der Waals surface area contributed by atoms with Crippen LogP contribution >= 0.6 is 11.6 Å². The molecule has 1 aliphatic heterocycles. The van der Waals surface area contributed by atoms with Gasteiger partial charge in [0.1, 0.15) is 0 Å². The Morgan fingerprint density at radius 1 is 1.44 bits per heavy atom. The van der Waals surface area contributed by atoms with Gasteiger partial charge in [-0.05, 0) is 50.1 Å². The molecular formula is C13H14ClN3O. The maximum absolute atomic E-state index is 5.94. The van der Waals surface area contributed by atoms with Gasteiger partial charge in [0, 0.05) is 10.6 Å². The zero-order valence-corrected chi connectivity index (χ0v) is 10.9. The number of rotatable bonds is 2. The van der Waals surface area contributed by atoms with Crippen LogP contribution in [0.3, 0.4) is 0 Å². The summed E-state index contributed by atoms with van der Waals surface area (Å²) in [6.45, 7) is 3.01. The zero-order valence-electron chi connectivity index (χ0n) is 10.1. The second-order valence-electron chi connectivity index (χ2n) is 4.57. The first-order valence-corrected chi connectivity index (χ1v) is 6.45. The van der Waals surface area contributed by atoms with Crippen molar-refractivity contribution in [3.8, 4) is 11.5 Å². The van der Waals surface area contributed by atoms with Gasteiger partial charge in [0.25, 0.3) is 5.89 Å². The molecule has 1 aromatic heterocycles. The molecular weight excluding hydrogens is 250 g/mol. The van der Waals surface area contributed by atoms with Crippen LogP contribution in [0.2, 0.25) is 5.02 Å². The van der Waals surface area contributed by atoms with Crippen LogP contribution in [0.25, 0.3) is 11.5 Å². The van der Waals surface area contributed by atoms with Gasteiger partial charge in [0.15, 0.2) is 5.82 Å². The lowest BCUT2D eigenvalue weighted by atomic mass is 10.1. The van der Waals surface area contributed by atoms with Crippen molar-refractivity contribution in [2.24, 2.45) is 0 Å². The molecule has 4 nitrogen and oxygen atoms in total. The quantitative estimate of drug-likeness (QED) is 0.904. The van der Waals surface area contributed by atoms with Gasteiger partial charge in [0.05, 0.1) is 6.04 Å². The number of nitrogens with zero attached hydrogens (tertiary/aromatic N) is 2. The molecule has 0 saturated carbocycles. The molecule has 1 aromatic carbocycles. The van der Waals surface area contributed by atoms with Crippen LogP contribution in [0.5, 0.6) is 0 Å². The molecule has 1 fully saturated rings. The molecule has 1 N–H and O–H groups in total. The lowest BCUT2D eigenvalue weighted by Gasteiger charge is -2.02. The number of nitrogens with one attached hydrogen (secondary N) is 1. The molecule has 0 aliphatic carbocycles. The fourth-order valence-electron chi connectivity index (χ4n) is 2.26. The largest absolute Gasteiger partial charge is 0.334 e. The number of halogens is 1. The summed E-state index contributed by atoms with van der Waals surface area (Å²) in [5, 5.41) is 8.13. The van der Waals surface area contributed by atoms with E-state index < -0.39 is 0 Å². The van der Waals surface area contributed by atoms with E-state index in [0.717, 1.165) is 36.3 Å². The van der Waals surface area contributed by atoms with Crippen molar-refractivity contribution >= 4 is 11.6 Å². The number of hydrogen-bond donors (Lipinski definition) is 1. The number of hydrogen-bond acceptors (Lipinski definition) is 4. The van der Waals surface area contributed by atoms with Crippen LogP contribution in [0.1, 0.15) is 30.3 Å². The van der Waals surface area contributed by atoms with Crippen molar-refractivity contribution in [1.29, 1.82) is 0 Å². The van der Waals surface area contributed by atoms with Crippen molar-refractivity contribution in [2.45, 2.75) is 25.8 Å². The summed E-state index contributed by atoms with van der Waals surface area (Å²) in [4.78, 5) is 4.47. The van der Waals surface area contributed by atoms with E-state index in [4.69, 9.17) is 16.1 Å². The first-order valence-electron chi connectivity index (χ1n) is 6.07. The Labute approximate surface area is 110 Å². The molecule has 0 radical (unpaired) electrons. The second-order valence-corrected chi connectivity index (χ2v) is 5.00. The summed E-state index contributed by atoms with van der Waals surface area (Å²) in [7, 11) is 0. The van der Waals surface area contributed by atoms with Gasteiger partial charge in [-0.1, -0.05) is 16.8 Å². The van der Waals surface area contributed by atoms with Crippen LogP contribution in [0.4, 0.5) is 0 Å². The molecule has 0 spiro atoms. The van der Waals surface area contributed by atoms with Crippen LogP contribution in [-0.2, 0) is 0 Å². The standard InChI is InChI=1S/C13H14ClN3O/c1-8-7-9(14)4-5-10(8)13-16-12(17-18-13)11-3-2-6-15-11/h4-5,7,11,15H,2-3,6H2,1H3. The molecule has 2 aromatic rings. The summed E-state index contributed by atoms with van der Waals surface area (Å²) < 4.78 is 5.34. The fraction of sp³-hybridized carbons (Fsp3) is 0.385.